The maximum atomic E-state index is 12.1. The quantitative estimate of drug-likeness (QED) is 0.258. The number of carbonyl (C=O) groups is 1. The molecule has 1 aromatic carbocycles. The first-order valence-corrected chi connectivity index (χ1v) is 9.19. The molecule has 0 radical (unpaired) electrons. The van der Waals surface area contributed by atoms with E-state index < -0.39 is 5.60 Å². The zero-order chi connectivity index (χ0) is 19.9. The number of amidine groups is 1. The van der Waals surface area contributed by atoms with Crippen molar-refractivity contribution in [2.24, 2.45) is 10.9 Å². The monoisotopic (exact) mass is 378 g/mol. The minimum Gasteiger partial charge on any atom is -0.494 e. The Balaban J connectivity index is 1.64. The van der Waals surface area contributed by atoms with Crippen LogP contribution in [0.5, 0.6) is 5.75 Å². The third-order valence-corrected chi connectivity index (χ3v) is 4.17. The largest absolute Gasteiger partial charge is 0.494 e. The second kappa shape index (κ2) is 9.45. The standard InChI is InChI=1S/C19H30N4O4/c1-19(2,3)27-18(24)23-12-10-22(11-13-23)9-4-14-26-16-7-5-15(6-8-16)17(20)21-25/h5-8,25H,4,9-14H2,1-3H3,(H2,20,21). The number of oxime groups is 1. The summed E-state index contributed by atoms with van der Waals surface area (Å²) in [6, 6.07) is 7.10. The zero-order valence-corrected chi connectivity index (χ0v) is 16.4. The van der Waals surface area contributed by atoms with E-state index in [0.29, 0.717) is 25.3 Å². The first kappa shape index (κ1) is 20.8. The number of carbonyl (C=O) groups excluding carboxylic acids is 1. The maximum absolute atomic E-state index is 12.1. The van der Waals surface area contributed by atoms with Crippen LogP contribution in [0, 0.1) is 0 Å². The van der Waals surface area contributed by atoms with Gasteiger partial charge in [-0.3, -0.25) is 4.90 Å². The molecular weight excluding hydrogens is 348 g/mol. The van der Waals surface area contributed by atoms with Crippen LogP contribution in [-0.4, -0.2) is 71.9 Å². The number of hydrogen-bond acceptors (Lipinski definition) is 6. The van der Waals surface area contributed by atoms with Gasteiger partial charge in [0.05, 0.1) is 6.61 Å². The molecule has 2 rings (SSSR count). The van der Waals surface area contributed by atoms with E-state index in [1.807, 2.05) is 20.8 Å². The van der Waals surface area contributed by atoms with Crippen LogP contribution >= 0.6 is 0 Å². The van der Waals surface area contributed by atoms with Crippen molar-refractivity contribution in [3.8, 4) is 5.75 Å². The summed E-state index contributed by atoms with van der Waals surface area (Å²) in [5.74, 6) is 0.825. The molecule has 8 nitrogen and oxygen atoms in total. The van der Waals surface area contributed by atoms with Gasteiger partial charge < -0.3 is 25.3 Å². The molecule has 1 aromatic rings. The van der Waals surface area contributed by atoms with Crippen LogP contribution in [0.2, 0.25) is 0 Å². The predicted molar refractivity (Wildman–Crippen MR) is 103 cm³/mol. The Hall–Kier alpha value is -2.48. The van der Waals surface area contributed by atoms with Gasteiger partial charge in [0.15, 0.2) is 5.84 Å². The number of ether oxygens (including phenoxy) is 2. The lowest BCUT2D eigenvalue weighted by atomic mass is 10.2. The highest BCUT2D eigenvalue weighted by atomic mass is 16.6. The van der Waals surface area contributed by atoms with Crippen LogP contribution < -0.4 is 10.5 Å². The van der Waals surface area contributed by atoms with E-state index >= 15 is 0 Å². The molecule has 0 bridgehead atoms. The molecule has 3 N–H and O–H groups in total. The van der Waals surface area contributed by atoms with Gasteiger partial charge in [-0.05, 0) is 51.5 Å². The van der Waals surface area contributed by atoms with E-state index in [1.54, 1.807) is 29.2 Å². The van der Waals surface area contributed by atoms with Crippen LogP contribution in [0.3, 0.4) is 0 Å². The lowest BCUT2D eigenvalue weighted by molar-refractivity contribution is 0.0142. The van der Waals surface area contributed by atoms with Crippen molar-refractivity contribution in [2.45, 2.75) is 32.8 Å². The highest BCUT2D eigenvalue weighted by Crippen LogP contribution is 2.14. The lowest BCUT2D eigenvalue weighted by Crippen LogP contribution is -2.50. The summed E-state index contributed by atoms with van der Waals surface area (Å²) < 4.78 is 11.1. The van der Waals surface area contributed by atoms with Gasteiger partial charge in [0.1, 0.15) is 11.4 Å². The van der Waals surface area contributed by atoms with E-state index in [0.717, 1.165) is 31.8 Å². The summed E-state index contributed by atoms with van der Waals surface area (Å²) in [4.78, 5) is 16.1. The topological polar surface area (TPSA) is 101 Å². The van der Waals surface area contributed by atoms with Crippen molar-refractivity contribution >= 4 is 11.9 Å². The zero-order valence-electron chi connectivity index (χ0n) is 16.4. The SMILES string of the molecule is CC(C)(C)OC(=O)N1CCN(CCCOc2ccc(C(N)=NO)cc2)CC1. The Morgan fingerprint density at radius 2 is 1.81 bits per heavy atom. The number of rotatable bonds is 6. The molecule has 1 aliphatic heterocycles. The first-order chi connectivity index (χ1) is 12.8. The van der Waals surface area contributed by atoms with Crippen LogP contribution in [0.25, 0.3) is 0 Å². The average molecular weight is 378 g/mol. The fourth-order valence-electron chi connectivity index (χ4n) is 2.74. The molecule has 0 aromatic heterocycles. The van der Waals surface area contributed by atoms with Gasteiger partial charge in [0, 0.05) is 38.3 Å². The second-order valence-corrected chi connectivity index (χ2v) is 7.52. The molecule has 1 saturated heterocycles. The van der Waals surface area contributed by atoms with Gasteiger partial charge in [-0.2, -0.15) is 0 Å². The number of nitrogens with two attached hydrogens (primary N) is 1. The van der Waals surface area contributed by atoms with Crippen molar-refractivity contribution in [3.05, 3.63) is 29.8 Å². The molecule has 8 heteroatoms. The molecule has 1 amide bonds. The molecule has 1 aliphatic rings. The highest BCUT2D eigenvalue weighted by Gasteiger charge is 2.25. The number of hydrogen-bond donors (Lipinski definition) is 2. The van der Waals surface area contributed by atoms with Gasteiger partial charge in [0.2, 0.25) is 0 Å². The Morgan fingerprint density at radius 1 is 1.19 bits per heavy atom. The Bertz CT molecular complexity index is 632. The molecule has 0 atom stereocenters. The van der Waals surface area contributed by atoms with Gasteiger partial charge in [0.25, 0.3) is 0 Å². The molecule has 0 aliphatic carbocycles. The number of benzene rings is 1. The van der Waals surface area contributed by atoms with Crippen LogP contribution in [0.15, 0.2) is 29.4 Å². The summed E-state index contributed by atoms with van der Waals surface area (Å²) in [6.07, 6.45) is 0.662. The van der Waals surface area contributed by atoms with E-state index in [4.69, 9.17) is 20.4 Å². The van der Waals surface area contributed by atoms with Crippen LogP contribution in [-0.2, 0) is 4.74 Å². The van der Waals surface area contributed by atoms with Crippen LogP contribution in [0.1, 0.15) is 32.8 Å². The maximum Gasteiger partial charge on any atom is 0.410 e. The van der Waals surface area contributed by atoms with Crippen molar-refractivity contribution in [1.29, 1.82) is 0 Å². The van der Waals surface area contributed by atoms with E-state index in [1.165, 1.54) is 0 Å². The van der Waals surface area contributed by atoms with E-state index in [2.05, 4.69) is 10.1 Å². The minimum atomic E-state index is -0.458. The Morgan fingerprint density at radius 3 is 2.37 bits per heavy atom. The summed E-state index contributed by atoms with van der Waals surface area (Å²) in [5, 5.41) is 11.6. The van der Waals surface area contributed by atoms with Gasteiger partial charge >= 0.3 is 6.09 Å². The van der Waals surface area contributed by atoms with Crippen LogP contribution in [0.4, 0.5) is 4.79 Å². The number of amides is 1. The predicted octanol–water partition coefficient (Wildman–Crippen LogP) is 2.10. The Kier molecular flexibility index (Phi) is 7.29. The van der Waals surface area contributed by atoms with Gasteiger partial charge in [-0.25, -0.2) is 4.79 Å². The van der Waals surface area contributed by atoms with Gasteiger partial charge in [-0.15, -0.1) is 0 Å². The molecule has 0 spiro atoms. The summed E-state index contributed by atoms with van der Waals surface area (Å²) in [6.45, 7) is 10.2. The molecule has 0 saturated carbocycles. The molecule has 150 valence electrons. The molecule has 27 heavy (non-hydrogen) atoms. The van der Waals surface area contributed by atoms with E-state index in [-0.39, 0.29) is 11.9 Å². The van der Waals surface area contributed by atoms with Crippen molar-refractivity contribution in [3.63, 3.8) is 0 Å². The lowest BCUT2D eigenvalue weighted by Gasteiger charge is -2.35. The molecule has 0 unspecified atom stereocenters. The molecule has 1 fully saturated rings. The highest BCUT2D eigenvalue weighted by molar-refractivity contribution is 5.97. The normalized spacial score (nSPS) is 16.3. The number of piperazine rings is 1. The first-order valence-electron chi connectivity index (χ1n) is 9.19. The smallest absolute Gasteiger partial charge is 0.410 e. The minimum absolute atomic E-state index is 0.0760. The third kappa shape index (κ3) is 6.97. The molecular formula is C19H30N4O4. The summed E-state index contributed by atoms with van der Waals surface area (Å²) >= 11 is 0. The molecule has 1 heterocycles. The van der Waals surface area contributed by atoms with E-state index in [9.17, 15) is 4.79 Å². The fraction of sp³-hybridized carbons (Fsp3) is 0.579. The van der Waals surface area contributed by atoms with Crippen molar-refractivity contribution < 1.29 is 19.5 Å². The second-order valence-electron chi connectivity index (χ2n) is 7.52. The fourth-order valence-corrected chi connectivity index (χ4v) is 2.74. The number of nitrogens with zero attached hydrogens (tertiary/aromatic N) is 3. The van der Waals surface area contributed by atoms with Gasteiger partial charge in [-0.1, -0.05) is 5.16 Å². The average Bonchev–Trinajstić information content (AvgIpc) is 2.64. The Labute approximate surface area is 160 Å². The summed E-state index contributed by atoms with van der Waals surface area (Å²) in [7, 11) is 0. The van der Waals surface area contributed by atoms with Crippen molar-refractivity contribution in [1.82, 2.24) is 9.80 Å². The third-order valence-electron chi connectivity index (χ3n) is 4.17. The summed E-state index contributed by atoms with van der Waals surface area (Å²) in [5.41, 5.74) is 5.72. The van der Waals surface area contributed by atoms with Crippen molar-refractivity contribution in [2.75, 3.05) is 39.3 Å².